The van der Waals surface area contributed by atoms with Gasteiger partial charge in [0.2, 0.25) is 0 Å². The van der Waals surface area contributed by atoms with E-state index in [9.17, 15) is 4.79 Å². The molecule has 1 saturated carbocycles. The zero-order valence-electron chi connectivity index (χ0n) is 14.1. The molecular weight excluding hydrogens is 284 g/mol. The molecule has 1 amide bonds. The largest absolute Gasteiger partial charge is 0.349 e. The van der Waals surface area contributed by atoms with Gasteiger partial charge in [-0.05, 0) is 55.8 Å². The van der Waals surface area contributed by atoms with Gasteiger partial charge in [0, 0.05) is 18.2 Å². The molecule has 2 aromatic rings. The fourth-order valence-corrected chi connectivity index (χ4v) is 3.67. The zero-order valence-corrected chi connectivity index (χ0v) is 14.1. The van der Waals surface area contributed by atoms with E-state index in [1.165, 1.54) is 24.6 Å². The van der Waals surface area contributed by atoms with E-state index in [1.807, 2.05) is 30.3 Å². The van der Waals surface area contributed by atoms with Gasteiger partial charge in [0.05, 0.1) is 0 Å². The minimum Gasteiger partial charge on any atom is -0.349 e. The second kappa shape index (κ2) is 7.14. The Hall–Kier alpha value is -1.87. The molecule has 0 bridgehead atoms. The maximum Gasteiger partial charge on any atom is 0.251 e. The van der Waals surface area contributed by atoms with Crippen molar-refractivity contribution in [3.8, 4) is 0 Å². The van der Waals surface area contributed by atoms with Gasteiger partial charge in [-0.1, -0.05) is 43.2 Å². The summed E-state index contributed by atoms with van der Waals surface area (Å²) >= 11 is 0. The summed E-state index contributed by atoms with van der Waals surface area (Å²) < 4.78 is 0. The lowest BCUT2D eigenvalue weighted by atomic mass is 9.84. The van der Waals surface area contributed by atoms with Crippen LogP contribution in [0, 0.1) is 5.92 Å². The molecule has 1 aliphatic rings. The van der Waals surface area contributed by atoms with Gasteiger partial charge >= 0.3 is 0 Å². The standard InChI is InChI=1S/C20H26N2O/c1-22(2)14-18-9-5-6-10-19(18)21-20(23)17-12-11-15-7-3-4-8-16(15)13-17/h3-4,7-8,11-13,18-19H,5-6,9-10,14H2,1-2H3,(H,21,23). The molecule has 0 heterocycles. The van der Waals surface area contributed by atoms with E-state index in [0.717, 1.165) is 23.9 Å². The minimum atomic E-state index is 0.0615. The van der Waals surface area contributed by atoms with Gasteiger partial charge < -0.3 is 10.2 Å². The molecule has 1 fully saturated rings. The summed E-state index contributed by atoms with van der Waals surface area (Å²) in [7, 11) is 4.22. The van der Waals surface area contributed by atoms with E-state index in [4.69, 9.17) is 0 Å². The van der Waals surface area contributed by atoms with Crippen molar-refractivity contribution in [2.45, 2.75) is 31.7 Å². The Morgan fingerprint density at radius 2 is 1.83 bits per heavy atom. The molecule has 122 valence electrons. The Balaban J connectivity index is 1.73. The lowest BCUT2D eigenvalue weighted by Crippen LogP contribution is -2.45. The van der Waals surface area contributed by atoms with Crippen LogP contribution in [0.25, 0.3) is 10.8 Å². The van der Waals surface area contributed by atoms with Crippen LogP contribution < -0.4 is 5.32 Å². The third-order valence-electron chi connectivity index (χ3n) is 4.84. The Bertz CT molecular complexity index is 680. The number of amides is 1. The fourth-order valence-electron chi connectivity index (χ4n) is 3.67. The van der Waals surface area contributed by atoms with Crippen LogP contribution in [0.3, 0.4) is 0 Å². The number of rotatable bonds is 4. The number of hydrogen-bond acceptors (Lipinski definition) is 2. The number of nitrogens with one attached hydrogen (secondary N) is 1. The summed E-state index contributed by atoms with van der Waals surface area (Å²) in [5, 5.41) is 5.58. The first-order valence-corrected chi connectivity index (χ1v) is 8.58. The van der Waals surface area contributed by atoms with Crippen LogP contribution in [0.1, 0.15) is 36.0 Å². The Kier molecular flexibility index (Phi) is 4.97. The molecule has 0 aromatic heterocycles. The second-order valence-electron chi connectivity index (χ2n) is 6.95. The average Bonchev–Trinajstić information content (AvgIpc) is 2.55. The van der Waals surface area contributed by atoms with E-state index in [0.29, 0.717) is 12.0 Å². The number of hydrogen-bond donors (Lipinski definition) is 1. The molecule has 1 aliphatic carbocycles. The van der Waals surface area contributed by atoms with Crippen LogP contribution in [0.15, 0.2) is 42.5 Å². The van der Waals surface area contributed by atoms with Gasteiger partial charge in [-0.15, -0.1) is 0 Å². The van der Waals surface area contributed by atoms with E-state index >= 15 is 0 Å². The van der Waals surface area contributed by atoms with E-state index in [1.54, 1.807) is 0 Å². The summed E-state index contributed by atoms with van der Waals surface area (Å²) in [5.41, 5.74) is 0.762. The van der Waals surface area contributed by atoms with E-state index in [2.05, 4.69) is 36.4 Å². The minimum absolute atomic E-state index is 0.0615. The quantitative estimate of drug-likeness (QED) is 0.934. The average molecular weight is 310 g/mol. The van der Waals surface area contributed by atoms with Gasteiger partial charge in [0.1, 0.15) is 0 Å². The van der Waals surface area contributed by atoms with E-state index in [-0.39, 0.29) is 5.91 Å². The molecule has 0 saturated heterocycles. The zero-order chi connectivity index (χ0) is 16.2. The topological polar surface area (TPSA) is 32.3 Å². The van der Waals surface area contributed by atoms with Crippen LogP contribution in [-0.4, -0.2) is 37.5 Å². The maximum absolute atomic E-state index is 12.7. The Labute approximate surface area is 138 Å². The number of carbonyl (C=O) groups excluding carboxylic acids is 1. The number of carbonyl (C=O) groups is 1. The number of benzene rings is 2. The molecule has 0 aliphatic heterocycles. The van der Waals surface area contributed by atoms with Crippen molar-refractivity contribution in [1.82, 2.24) is 10.2 Å². The summed E-state index contributed by atoms with van der Waals surface area (Å²) in [5.74, 6) is 0.620. The van der Waals surface area contributed by atoms with Gasteiger partial charge in [-0.25, -0.2) is 0 Å². The molecule has 2 aromatic carbocycles. The summed E-state index contributed by atoms with van der Waals surface area (Å²) in [6, 6.07) is 14.4. The van der Waals surface area contributed by atoms with Gasteiger partial charge in [0.25, 0.3) is 5.91 Å². The van der Waals surface area contributed by atoms with Gasteiger partial charge in [0.15, 0.2) is 0 Å². The van der Waals surface area contributed by atoms with Crippen molar-refractivity contribution in [2.24, 2.45) is 5.92 Å². The van der Waals surface area contributed by atoms with Crippen LogP contribution in [0.4, 0.5) is 0 Å². The van der Waals surface area contributed by atoms with Crippen molar-refractivity contribution in [3.63, 3.8) is 0 Å². The normalized spacial score (nSPS) is 21.5. The third kappa shape index (κ3) is 3.91. The molecule has 0 spiro atoms. The van der Waals surface area contributed by atoms with Crippen molar-refractivity contribution in [2.75, 3.05) is 20.6 Å². The smallest absolute Gasteiger partial charge is 0.251 e. The predicted octanol–water partition coefficient (Wildman–Crippen LogP) is 3.69. The molecule has 2 atom stereocenters. The molecule has 1 N–H and O–H groups in total. The molecule has 3 rings (SSSR count). The first-order chi connectivity index (χ1) is 11.1. The van der Waals surface area contributed by atoms with Crippen molar-refractivity contribution in [3.05, 3.63) is 48.0 Å². The third-order valence-corrected chi connectivity index (χ3v) is 4.84. The predicted molar refractivity (Wildman–Crippen MR) is 95.7 cm³/mol. The fraction of sp³-hybridized carbons (Fsp3) is 0.450. The van der Waals surface area contributed by atoms with Crippen LogP contribution in [0.2, 0.25) is 0 Å². The monoisotopic (exact) mass is 310 g/mol. The Morgan fingerprint density at radius 1 is 1.09 bits per heavy atom. The summed E-state index contributed by atoms with van der Waals surface area (Å²) in [6.07, 6.45) is 4.80. The molecule has 23 heavy (non-hydrogen) atoms. The van der Waals surface area contributed by atoms with Crippen molar-refractivity contribution in [1.29, 1.82) is 0 Å². The molecule has 3 nitrogen and oxygen atoms in total. The summed E-state index contributed by atoms with van der Waals surface area (Å²) in [6.45, 7) is 1.04. The van der Waals surface area contributed by atoms with Crippen molar-refractivity contribution >= 4 is 16.7 Å². The van der Waals surface area contributed by atoms with Gasteiger partial charge in [-0.3, -0.25) is 4.79 Å². The van der Waals surface area contributed by atoms with Crippen LogP contribution >= 0.6 is 0 Å². The number of fused-ring (bicyclic) bond motifs is 1. The maximum atomic E-state index is 12.7. The highest BCUT2D eigenvalue weighted by atomic mass is 16.1. The molecule has 0 radical (unpaired) electrons. The van der Waals surface area contributed by atoms with Crippen LogP contribution in [-0.2, 0) is 0 Å². The molecular formula is C20H26N2O. The van der Waals surface area contributed by atoms with Crippen molar-refractivity contribution < 1.29 is 4.79 Å². The lowest BCUT2D eigenvalue weighted by molar-refractivity contribution is 0.0895. The highest BCUT2D eigenvalue weighted by Crippen LogP contribution is 2.25. The summed E-state index contributed by atoms with van der Waals surface area (Å²) in [4.78, 5) is 14.9. The molecule has 3 heteroatoms. The van der Waals surface area contributed by atoms with Gasteiger partial charge in [-0.2, -0.15) is 0 Å². The van der Waals surface area contributed by atoms with E-state index < -0.39 is 0 Å². The first-order valence-electron chi connectivity index (χ1n) is 8.58. The molecule has 2 unspecified atom stereocenters. The lowest BCUT2D eigenvalue weighted by Gasteiger charge is -2.34. The SMILES string of the molecule is CN(C)CC1CCCCC1NC(=O)c1ccc2ccccc2c1. The highest BCUT2D eigenvalue weighted by Gasteiger charge is 2.27. The highest BCUT2D eigenvalue weighted by molar-refractivity contribution is 5.98. The first kappa shape index (κ1) is 16.0. The number of nitrogens with zero attached hydrogens (tertiary/aromatic N) is 1. The second-order valence-corrected chi connectivity index (χ2v) is 6.95. The van der Waals surface area contributed by atoms with Crippen LogP contribution in [0.5, 0.6) is 0 Å². The Morgan fingerprint density at radius 3 is 2.61 bits per heavy atom.